The van der Waals surface area contributed by atoms with E-state index >= 15 is 0 Å². The Balaban J connectivity index is 1.66. The highest BCUT2D eigenvalue weighted by Crippen LogP contribution is 2.36. The van der Waals surface area contributed by atoms with Gasteiger partial charge in [0.2, 0.25) is 0 Å². The molecule has 0 saturated carbocycles. The molecule has 0 aliphatic carbocycles. The maximum absolute atomic E-state index is 13.2. The zero-order chi connectivity index (χ0) is 21.9. The molecule has 1 fully saturated rings. The maximum atomic E-state index is 13.2. The van der Waals surface area contributed by atoms with Crippen molar-refractivity contribution >= 4 is 11.7 Å². The van der Waals surface area contributed by atoms with Crippen molar-refractivity contribution in [2.24, 2.45) is 0 Å². The number of halogens is 3. The number of benzene rings is 2. The van der Waals surface area contributed by atoms with Gasteiger partial charge in [-0.05, 0) is 49.4 Å². The molecular formula is C21H19F3N2O4. The van der Waals surface area contributed by atoms with Crippen LogP contribution in [0.15, 0.2) is 42.5 Å². The minimum atomic E-state index is -4.62. The van der Waals surface area contributed by atoms with Crippen LogP contribution in [0.25, 0.3) is 0 Å². The summed E-state index contributed by atoms with van der Waals surface area (Å²) in [6.07, 6.45) is -5.45. The summed E-state index contributed by atoms with van der Waals surface area (Å²) in [6.45, 7) is 2.24. The van der Waals surface area contributed by atoms with Gasteiger partial charge in [-0.15, -0.1) is 0 Å². The van der Waals surface area contributed by atoms with Crippen LogP contribution in [0.2, 0.25) is 0 Å². The molecule has 2 atom stereocenters. The summed E-state index contributed by atoms with van der Waals surface area (Å²) < 4.78 is 55.8. The molecule has 0 spiro atoms. The van der Waals surface area contributed by atoms with Crippen LogP contribution in [0.4, 0.5) is 18.9 Å². The molecule has 0 bridgehead atoms. The van der Waals surface area contributed by atoms with Gasteiger partial charge in [0, 0.05) is 5.69 Å². The Labute approximate surface area is 171 Å². The highest BCUT2D eigenvalue weighted by molar-refractivity contribution is 5.89. The summed E-state index contributed by atoms with van der Waals surface area (Å²) in [6, 6.07) is 11.6. The predicted octanol–water partition coefficient (Wildman–Crippen LogP) is 3.99. The molecule has 1 heterocycles. The predicted molar refractivity (Wildman–Crippen MR) is 101 cm³/mol. The van der Waals surface area contributed by atoms with Crippen LogP contribution in [0, 0.1) is 11.3 Å². The smallest absolute Gasteiger partial charge is 0.417 e. The molecule has 2 aromatic rings. The molecule has 2 aromatic carbocycles. The Hall–Kier alpha value is -3.25. The van der Waals surface area contributed by atoms with Crippen molar-refractivity contribution in [2.75, 3.05) is 25.2 Å². The standard InChI is InChI=1S/C21H19F3N2O4/c1-13-26(16-6-3-15(10-25)19(9-16)21(22,23)24)11-18(30-13)12-29-17-7-4-14(5-8-17)20(27)28-2/h3-9,13,18H,11-12H2,1-2H3/t13-,18+/m1/s1. The molecule has 6 nitrogen and oxygen atoms in total. The average molecular weight is 420 g/mol. The fourth-order valence-corrected chi connectivity index (χ4v) is 3.21. The fourth-order valence-electron chi connectivity index (χ4n) is 3.21. The monoisotopic (exact) mass is 420 g/mol. The van der Waals surface area contributed by atoms with Gasteiger partial charge in [0.15, 0.2) is 0 Å². The number of nitrogens with zero attached hydrogens (tertiary/aromatic N) is 2. The van der Waals surface area contributed by atoms with E-state index in [0.29, 0.717) is 23.5 Å². The number of anilines is 1. The van der Waals surface area contributed by atoms with E-state index in [1.807, 2.05) is 0 Å². The Morgan fingerprint density at radius 3 is 2.57 bits per heavy atom. The van der Waals surface area contributed by atoms with Crippen molar-refractivity contribution in [2.45, 2.75) is 25.4 Å². The van der Waals surface area contributed by atoms with Crippen molar-refractivity contribution in [3.63, 3.8) is 0 Å². The van der Waals surface area contributed by atoms with Gasteiger partial charge in [-0.3, -0.25) is 0 Å². The number of esters is 1. The first-order valence-corrected chi connectivity index (χ1v) is 9.07. The lowest BCUT2D eigenvalue weighted by atomic mass is 10.1. The summed E-state index contributed by atoms with van der Waals surface area (Å²) in [7, 11) is 1.29. The molecule has 158 valence electrons. The maximum Gasteiger partial charge on any atom is 0.417 e. The molecule has 0 radical (unpaired) electrons. The third kappa shape index (κ3) is 4.66. The number of hydrogen-bond acceptors (Lipinski definition) is 6. The van der Waals surface area contributed by atoms with Gasteiger partial charge in [-0.2, -0.15) is 18.4 Å². The second-order valence-corrected chi connectivity index (χ2v) is 6.68. The Bertz CT molecular complexity index is 954. The molecule has 3 rings (SSSR count). The molecule has 0 N–H and O–H groups in total. The van der Waals surface area contributed by atoms with Crippen LogP contribution in [0.3, 0.4) is 0 Å². The molecule has 0 amide bonds. The molecule has 30 heavy (non-hydrogen) atoms. The van der Waals surface area contributed by atoms with Gasteiger partial charge < -0.3 is 19.1 Å². The number of carbonyl (C=O) groups excluding carboxylic acids is 1. The Kier molecular flexibility index (Phi) is 6.17. The van der Waals surface area contributed by atoms with E-state index < -0.39 is 29.5 Å². The van der Waals surface area contributed by atoms with Crippen molar-refractivity contribution in [1.82, 2.24) is 0 Å². The lowest BCUT2D eigenvalue weighted by molar-refractivity contribution is -0.137. The Morgan fingerprint density at radius 2 is 1.97 bits per heavy atom. The van der Waals surface area contributed by atoms with Gasteiger partial charge in [-0.1, -0.05) is 0 Å². The largest absolute Gasteiger partial charge is 0.491 e. The van der Waals surface area contributed by atoms with Gasteiger partial charge in [0.25, 0.3) is 0 Å². The normalized spacial score (nSPS) is 18.7. The van der Waals surface area contributed by atoms with Crippen LogP contribution >= 0.6 is 0 Å². The molecule has 0 aromatic heterocycles. The molecule has 9 heteroatoms. The van der Waals surface area contributed by atoms with Crippen molar-refractivity contribution < 1.29 is 32.2 Å². The molecule has 1 aliphatic rings. The van der Waals surface area contributed by atoms with Crippen molar-refractivity contribution in [3.8, 4) is 11.8 Å². The summed E-state index contributed by atoms with van der Waals surface area (Å²) in [4.78, 5) is 13.1. The zero-order valence-corrected chi connectivity index (χ0v) is 16.3. The lowest BCUT2D eigenvalue weighted by Gasteiger charge is -2.23. The number of hydrogen-bond donors (Lipinski definition) is 0. The SMILES string of the molecule is COC(=O)c1ccc(OC[C@@H]2CN(c3ccc(C#N)c(C(F)(F)F)c3)[C@@H](C)O2)cc1. The van der Waals surface area contributed by atoms with Gasteiger partial charge in [-0.25, -0.2) is 4.79 Å². The minimum absolute atomic E-state index is 0.181. The highest BCUT2D eigenvalue weighted by atomic mass is 19.4. The van der Waals surface area contributed by atoms with E-state index in [1.54, 1.807) is 42.2 Å². The van der Waals surface area contributed by atoms with E-state index in [9.17, 15) is 18.0 Å². The van der Waals surface area contributed by atoms with Crippen molar-refractivity contribution in [3.05, 3.63) is 59.2 Å². The molecule has 1 aliphatic heterocycles. The summed E-state index contributed by atoms with van der Waals surface area (Å²) >= 11 is 0. The summed E-state index contributed by atoms with van der Waals surface area (Å²) in [5.74, 6) is 0.0703. The second-order valence-electron chi connectivity index (χ2n) is 6.68. The van der Waals surface area contributed by atoms with Crippen LogP contribution in [0.5, 0.6) is 5.75 Å². The number of carbonyl (C=O) groups is 1. The number of ether oxygens (including phenoxy) is 3. The van der Waals surface area contributed by atoms with E-state index in [2.05, 4.69) is 4.74 Å². The minimum Gasteiger partial charge on any atom is -0.491 e. The third-order valence-corrected chi connectivity index (χ3v) is 4.70. The van der Waals surface area contributed by atoms with Crippen LogP contribution in [-0.4, -0.2) is 38.6 Å². The second kappa shape index (κ2) is 8.63. The van der Waals surface area contributed by atoms with Crippen LogP contribution in [0.1, 0.15) is 28.4 Å². The number of nitriles is 1. The Morgan fingerprint density at radius 1 is 1.27 bits per heavy atom. The molecule has 1 saturated heterocycles. The first-order chi connectivity index (χ1) is 14.2. The first-order valence-electron chi connectivity index (χ1n) is 9.07. The first kappa shape index (κ1) is 21.5. The third-order valence-electron chi connectivity index (χ3n) is 4.70. The van der Waals surface area contributed by atoms with E-state index in [1.165, 1.54) is 13.2 Å². The van der Waals surface area contributed by atoms with E-state index in [0.717, 1.165) is 12.1 Å². The van der Waals surface area contributed by atoms with E-state index in [-0.39, 0.29) is 12.7 Å². The van der Waals surface area contributed by atoms with Crippen LogP contribution < -0.4 is 9.64 Å². The zero-order valence-electron chi connectivity index (χ0n) is 16.3. The van der Waals surface area contributed by atoms with Gasteiger partial charge in [0.1, 0.15) is 24.7 Å². The number of methoxy groups -OCH3 is 1. The molecular weight excluding hydrogens is 401 g/mol. The lowest BCUT2D eigenvalue weighted by Crippen LogP contribution is -2.28. The van der Waals surface area contributed by atoms with Crippen LogP contribution in [-0.2, 0) is 15.7 Å². The quantitative estimate of drug-likeness (QED) is 0.681. The number of rotatable bonds is 5. The van der Waals surface area contributed by atoms with Gasteiger partial charge >= 0.3 is 12.1 Å². The van der Waals surface area contributed by atoms with E-state index in [4.69, 9.17) is 14.7 Å². The summed E-state index contributed by atoms with van der Waals surface area (Å²) in [5.41, 5.74) is -0.684. The van der Waals surface area contributed by atoms with Crippen molar-refractivity contribution in [1.29, 1.82) is 5.26 Å². The fraction of sp³-hybridized carbons (Fsp3) is 0.333. The highest BCUT2D eigenvalue weighted by Gasteiger charge is 2.36. The topological polar surface area (TPSA) is 71.8 Å². The van der Waals surface area contributed by atoms with Gasteiger partial charge in [0.05, 0.1) is 36.4 Å². The number of alkyl halides is 3. The average Bonchev–Trinajstić information content (AvgIpc) is 3.11. The summed E-state index contributed by atoms with van der Waals surface area (Å²) in [5, 5.41) is 8.94. The molecule has 0 unspecified atom stereocenters.